The van der Waals surface area contributed by atoms with E-state index >= 15 is 0 Å². The Morgan fingerprint density at radius 1 is 1.29 bits per heavy atom. The first kappa shape index (κ1) is 13.7. The minimum absolute atomic E-state index is 0.324. The molecule has 1 aromatic carbocycles. The SMILES string of the molecule is CCCCCCNC(C)c1cccc(C#N)c1. The van der Waals surface area contributed by atoms with Crippen molar-refractivity contribution in [2.24, 2.45) is 0 Å². The van der Waals surface area contributed by atoms with Crippen LogP contribution >= 0.6 is 0 Å². The largest absolute Gasteiger partial charge is 0.310 e. The van der Waals surface area contributed by atoms with Crippen LogP contribution in [0.4, 0.5) is 0 Å². The molecule has 0 amide bonds. The first-order valence-electron chi connectivity index (χ1n) is 6.51. The molecule has 0 saturated carbocycles. The standard InChI is InChI=1S/C15H22N2/c1-3-4-5-6-10-17-13(2)15-9-7-8-14(11-15)12-16/h7-9,11,13,17H,3-6,10H2,1-2H3. The second-order valence-corrected chi connectivity index (χ2v) is 4.47. The highest BCUT2D eigenvalue weighted by molar-refractivity contribution is 5.33. The Morgan fingerprint density at radius 2 is 2.12 bits per heavy atom. The maximum atomic E-state index is 8.85. The molecule has 1 unspecified atom stereocenters. The monoisotopic (exact) mass is 230 g/mol. The molecule has 0 aliphatic rings. The van der Waals surface area contributed by atoms with Crippen LogP contribution < -0.4 is 5.32 Å². The minimum atomic E-state index is 0.324. The molecule has 0 radical (unpaired) electrons. The zero-order valence-electron chi connectivity index (χ0n) is 10.9. The van der Waals surface area contributed by atoms with E-state index in [1.54, 1.807) is 0 Å². The fraction of sp³-hybridized carbons (Fsp3) is 0.533. The van der Waals surface area contributed by atoms with Crippen molar-refractivity contribution in [2.45, 2.75) is 45.6 Å². The van der Waals surface area contributed by atoms with Crippen LogP contribution in [0.15, 0.2) is 24.3 Å². The minimum Gasteiger partial charge on any atom is -0.310 e. The molecule has 0 aliphatic carbocycles. The molecule has 0 aliphatic heterocycles. The predicted octanol–water partition coefficient (Wildman–Crippen LogP) is 3.79. The fourth-order valence-corrected chi connectivity index (χ4v) is 1.87. The molecule has 1 rings (SSSR count). The molecule has 1 aromatic rings. The maximum absolute atomic E-state index is 8.85. The summed E-state index contributed by atoms with van der Waals surface area (Å²) in [5, 5.41) is 12.3. The molecule has 17 heavy (non-hydrogen) atoms. The molecule has 0 bridgehead atoms. The lowest BCUT2D eigenvalue weighted by atomic mass is 10.1. The van der Waals surface area contributed by atoms with Crippen LogP contribution in [0.1, 0.15) is 56.7 Å². The van der Waals surface area contributed by atoms with E-state index in [0.717, 1.165) is 12.1 Å². The summed E-state index contributed by atoms with van der Waals surface area (Å²) < 4.78 is 0. The third kappa shape index (κ3) is 5.01. The van der Waals surface area contributed by atoms with Crippen molar-refractivity contribution in [1.29, 1.82) is 5.26 Å². The van der Waals surface area contributed by atoms with Gasteiger partial charge in [0.2, 0.25) is 0 Å². The Labute approximate surface area is 105 Å². The summed E-state index contributed by atoms with van der Waals surface area (Å²) in [6.07, 6.45) is 5.13. The highest BCUT2D eigenvalue weighted by Crippen LogP contribution is 2.13. The van der Waals surface area contributed by atoms with E-state index < -0.39 is 0 Å². The predicted molar refractivity (Wildman–Crippen MR) is 71.7 cm³/mol. The Morgan fingerprint density at radius 3 is 2.82 bits per heavy atom. The highest BCUT2D eigenvalue weighted by atomic mass is 14.9. The van der Waals surface area contributed by atoms with Crippen molar-refractivity contribution in [1.82, 2.24) is 5.32 Å². The molecule has 0 heterocycles. The van der Waals surface area contributed by atoms with Gasteiger partial charge in [-0.05, 0) is 37.6 Å². The Balaban J connectivity index is 2.36. The molecule has 2 nitrogen and oxygen atoms in total. The second kappa shape index (κ2) is 7.86. The third-order valence-electron chi connectivity index (χ3n) is 3.00. The normalized spacial score (nSPS) is 12.1. The van der Waals surface area contributed by atoms with Gasteiger partial charge in [-0.1, -0.05) is 38.3 Å². The van der Waals surface area contributed by atoms with Crippen LogP contribution in [0.3, 0.4) is 0 Å². The van der Waals surface area contributed by atoms with Crippen LogP contribution in [0.5, 0.6) is 0 Å². The average Bonchev–Trinajstić information content (AvgIpc) is 2.38. The van der Waals surface area contributed by atoms with E-state index in [4.69, 9.17) is 5.26 Å². The molecule has 92 valence electrons. The van der Waals surface area contributed by atoms with E-state index in [1.807, 2.05) is 18.2 Å². The molecule has 0 spiro atoms. The van der Waals surface area contributed by atoms with E-state index in [2.05, 4.69) is 31.3 Å². The van der Waals surface area contributed by atoms with Gasteiger partial charge in [0.15, 0.2) is 0 Å². The quantitative estimate of drug-likeness (QED) is 0.723. The van der Waals surface area contributed by atoms with Gasteiger partial charge >= 0.3 is 0 Å². The summed E-state index contributed by atoms with van der Waals surface area (Å²) >= 11 is 0. The van der Waals surface area contributed by atoms with E-state index in [1.165, 1.54) is 31.2 Å². The highest BCUT2D eigenvalue weighted by Gasteiger charge is 2.04. The lowest BCUT2D eigenvalue weighted by Crippen LogP contribution is -2.19. The summed E-state index contributed by atoms with van der Waals surface area (Å²) in [4.78, 5) is 0. The van der Waals surface area contributed by atoms with Crippen molar-refractivity contribution in [2.75, 3.05) is 6.54 Å². The summed E-state index contributed by atoms with van der Waals surface area (Å²) in [5.41, 5.74) is 1.93. The number of benzene rings is 1. The molecule has 1 N–H and O–H groups in total. The molecule has 0 saturated heterocycles. The smallest absolute Gasteiger partial charge is 0.0991 e. The number of hydrogen-bond donors (Lipinski definition) is 1. The van der Waals surface area contributed by atoms with Crippen LogP contribution in [-0.4, -0.2) is 6.54 Å². The first-order chi connectivity index (χ1) is 8.27. The number of unbranched alkanes of at least 4 members (excludes halogenated alkanes) is 3. The third-order valence-corrected chi connectivity index (χ3v) is 3.00. The molecular formula is C15H22N2. The summed E-state index contributed by atoms with van der Waals surface area (Å²) in [7, 11) is 0. The van der Waals surface area contributed by atoms with Gasteiger partial charge in [-0.3, -0.25) is 0 Å². The molecule has 0 fully saturated rings. The lowest BCUT2D eigenvalue weighted by Gasteiger charge is -2.14. The van der Waals surface area contributed by atoms with Gasteiger partial charge in [-0.2, -0.15) is 5.26 Å². The van der Waals surface area contributed by atoms with E-state index in [9.17, 15) is 0 Å². The molecular weight excluding hydrogens is 208 g/mol. The number of hydrogen-bond acceptors (Lipinski definition) is 2. The van der Waals surface area contributed by atoms with Gasteiger partial charge in [0, 0.05) is 6.04 Å². The molecule has 2 heteroatoms. The molecule has 0 aromatic heterocycles. The lowest BCUT2D eigenvalue weighted by molar-refractivity contribution is 0.536. The second-order valence-electron chi connectivity index (χ2n) is 4.47. The zero-order valence-corrected chi connectivity index (χ0v) is 10.9. The van der Waals surface area contributed by atoms with Crippen LogP contribution in [0.2, 0.25) is 0 Å². The topological polar surface area (TPSA) is 35.8 Å². The van der Waals surface area contributed by atoms with Gasteiger partial charge in [-0.25, -0.2) is 0 Å². The van der Waals surface area contributed by atoms with E-state index in [-0.39, 0.29) is 0 Å². The first-order valence-corrected chi connectivity index (χ1v) is 6.51. The Bertz CT molecular complexity index is 365. The Hall–Kier alpha value is -1.33. The summed E-state index contributed by atoms with van der Waals surface area (Å²) in [6, 6.07) is 10.3. The van der Waals surface area contributed by atoms with Gasteiger partial charge in [0.05, 0.1) is 11.6 Å². The van der Waals surface area contributed by atoms with Gasteiger partial charge in [-0.15, -0.1) is 0 Å². The van der Waals surface area contributed by atoms with Crippen LogP contribution in [-0.2, 0) is 0 Å². The van der Waals surface area contributed by atoms with Crippen molar-refractivity contribution in [3.63, 3.8) is 0 Å². The molecule has 1 atom stereocenters. The van der Waals surface area contributed by atoms with Crippen molar-refractivity contribution < 1.29 is 0 Å². The van der Waals surface area contributed by atoms with Crippen LogP contribution in [0.25, 0.3) is 0 Å². The number of nitrogens with zero attached hydrogens (tertiary/aromatic N) is 1. The number of rotatable bonds is 7. The van der Waals surface area contributed by atoms with Gasteiger partial charge in [0.1, 0.15) is 0 Å². The van der Waals surface area contributed by atoms with Crippen LogP contribution in [0, 0.1) is 11.3 Å². The Kier molecular flexibility index (Phi) is 6.35. The van der Waals surface area contributed by atoms with Crippen molar-refractivity contribution >= 4 is 0 Å². The van der Waals surface area contributed by atoms with Crippen molar-refractivity contribution in [3.8, 4) is 6.07 Å². The average molecular weight is 230 g/mol. The zero-order chi connectivity index (χ0) is 12.5. The number of nitriles is 1. The summed E-state index contributed by atoms with van der Waals surface area (Å²) in [6.45, 7) is 5.43. The maximum Gasteiger partial charge on any atom is 0.0991 e. The van der Waals surface area contributed by atoms with Gasteiger partial charge in [0.25, 0.3) is 0 Å². The van der Waals surface area contributed by atoms with Gasteiger partial charge < -0.3 is 5.32 Å². The van der Waals surface area contributed by atoms with Crippen molar-refractivity contribution in [3.05, 3.63) is 35.4 Å². The summed E-state index contributed by atoms with van der Waals surface area (Å²) in [5.74, 6) is 0. The van der Waals surface area contributed by atoms with E-state index in [0.29, 0.717) is 6.04 Å². The number of nitrogens with one attached hydrogen (secondary N) is 1. The fourth-order valence-electron chi connectivity index (χ4n) is 1.87.